The summed E-state index contributed by atoms with van der Waals surface area (Å²) < 4.78 is 10.7. The highest BCUT2D eigenvalue weighted by atomic mass is 32.2. The van der Waals surface area contributed by atoms with Gasteiger partial charge in [0.2, 0.25) is 0 Å². The van der Waals surface area contributed by atoms with Crippen LogP contribution in [0.4, 0.5) is 0 Å². The number of imidazole rings is 1. The number of hydrogen-bond donors (Lipinski definition) is 1. The highest BCUT2D eigenvalue weighted by Crippen LogP contribution is 2.32. The van der Waals surface area contributed by atoms with Gasteiger partial charge < -0.3 is 14.5 Å². The van der Waals surface area contributed by atoms with Crippen LogP contribution in [0.3, 0.4) is 0 Å². The van der Waals surface area contributed by atoms with E-state index in [9.17, 15) is 0 Å². The average Bonchev–Trinajstić information content (AvgIpc) is 3.01. The number of hydrogen-bond acceptors (Lipinski definition) is 4. The van der Waals surface area contributed by atoms with Gasteiger partial charge in [0.25, 0.3) is 0 Å². The summed E-state index contributed by atoms with van der Waals surface area (Å²) in [6.45, 7) is 4.04. The minimum atomic E-state index is -0.328. The van der Waals surface area contributed by atoms with E-state index in [0.29, 0.717) is 0 Å². The van der Waals surface area contributed by atoms with Crippen molar-refractivity contribution < 1.29 is 9.47 Å². The second-order valence-corrected chi connectivity index (χ2v) is 7.27. The second kappa shape index (κ2) is 6.65. The van der Waals surface area contributed by atoms with Crippen LogP contribution in [0, 0.1) is 13.8 Å². The number of aryl methyl sites for hydroxylation is 1. The number of aromatic amines is 1. The molecular formula is C18H21N3O2S. The molecule has 2 heterocycles. The molecule has 0 aliphatic rings. The van der Waals surface area contributed by atoms with E-state index in [4.69, 9.17) is 9.47 Å². The molecule has 6 heteroatoms. The molecule has 0 bridgehead atoms. The van der Waals surface area contributed by atoms with Crippen molar-refractivity contribution in [2.75, 3.05) is 14.2 Å². The number of aromatic nitrogens is 3. The Labute approximate surface area is 144 Å². The first-order valence-electron chi connectivity index (χ1n) is 7.57. The Hall–Kier alpha value is -2.34. The van der Waals surface area contributed by atoms with Gasteiger partial charge in [0.05, 0.1) is 30.9 Å². The fourth-order valence-electron chi connectivity index (χ4n) is 2.68. The van der Waals surface area contributed by atoms with Gasteiger partial charge in [-0.25, -0.2) is 4.98 Å². The monoisotopic (exact) mass is 343 g/mol. The lowest BCUT2D eigenvalue weighted by Gasteiger charge is -2.13. The van der Waals surface area contributed by atoms with Gasteiger partial charge in [-0.2, -0.15) is 0 Å². The zero-order valence-corrected chi connectivity index (χ0v) is 15.2. The molecule has 1 unspecified atom stereocenters. The lowest BCUT2D eigenvalue weighted by Crippen LogP contribution is -1.99. The Morgan fingerprint density at radius 3 is 2.71 bits per heavy atom. The third kappa shape index (κ3) is 3.01. The molecule has 24 heavy (non-hydrogen) atoms. The van der Waals surface area contributed by atoms with E-state index in [1.807, 2.05) is 38.2 Å². The van der Waals surface area contributed by atoms with Gasteiger partial charge in [0.1, 0.15) is 11.5 Å². The van der Waals surface area contributed by atoms with E-state index in [-0.39, 0.29) is 10.5 Å². The van der Waals surface area contributed by atoms with Crippen molar-refractivity contribution in [3.8, 4) is 11.5 Å². The summed E-state index contributed by atoms with van der Waals surface area (Å²) in [6.07, 6.45) is 1.85. The fraction of sp³-hybridized carbons (Fsp3) is 0.278. The molecule has 126 valence electrons. The van der Waals surface area contributed by atoms with Crippen LogP contribution < -0.4 is 9.47 Å². The number of ether oxygens (including phenoxy) is 2. The molecule has 0 aliphatic heterocycles. The summed E-state index contributed by atoms with van der Waals surface area (Å²) in [6, 6.07) is 5.80. The standard InChI is InChI=1S/C18H21N3O2S/c1-11-9-19-16(12(2)17(11)23-4)10-24(5)18-20-14-7-6-13(22-3)8-15(14)21-18/h6-9H,5,10H2,1-4H3,(H,20,21). The molecule has 3 rings (SSSR count). The van der Waals surface area contributed by atoms with Gasteiger partial charge in [-0.15, -0.1) is 10.5 Å². The smallest absolute Gasteiger partial charge is 0.160 e. The summed E-state index contributed by atoms with van der Waals surface area (Å²) in [7, 11) is 3.02. The van der Waals surface area contributed by atoms with Crippen molar-refractivity contribution in [3.05, 3.63) is 41.2 Å². The van der Waals surface area contributed by atoms with Crippen LogP contribution in [0.15, 0.2) is 29.6 Å². The van der Waals surface area contributed by atoms with E-state index >= 15 is 0 Å². The summed E-state index contributed by atoms with van der Waals surface area (Å²) >= 11 is 0. The van der Waals surface area contributed by atoms with E-state index in [1.165, 1.54) is 0 Å². The Morgan fingerprint density at radius 1 is 1.21 bits per heavy atom. The van der Waals surface area contributed by atoms with Crippen LogP contribution in [-0.2, 0) is 5.75 Å². The first-order chi connectivity index (χ1) is 11.5. The van der Waals surface area contributed by atoms with Crippen LogP contribution >= 0.6 is 10.5 Å². The predicted molar refractivity (Wildman–Crippen MR) is 99.6 cm³/mol. The molecule has 0 saturated heterocycles. The predicted octanol–water partition coefficient (Wildman–Crippen LogP) is 3.85. The van der Waals surface area contributed by atoms with Gasteiger partial charge in [-0.3, -0.25) is 4.98 Å². The maximum absolute atomic E-state index is 5.48. The summed E-state index contributed by atoms with van der Waals surface area (Å²) in [5.41, 5.74) is 4.97. The molecule has 3 aromatic rings. The number of H-pyrrole nitrogens is 1. The summed E-state index contributed by atoms with van der Waals surface area (Å²) in [4.78, 5) is 12.6. The number of rotatable bonds is 5. The van der Waals surface area contributed by atoms with E-state index in [0.717, 1.165) is 50.3 Å². The SMILES string of the molecule is C=S(Cc1ncc(C)c(OC)c1C)c1nc2ccc(OC)cc2[nH]1. The van der Waals surface area contributed by atoms with E-state index < -0.39 is 0 Å². The Kier molecular flexibility index (Phi) is 4.57. The normalized spacial score (nSPS) is 12.3. The molecule has 1 N–H and O–H groups in total. The molecule has 1 aromatic carbocycles. The lowest BCUT2D eigenvalue weighted by molar-refractivity contribution is 0.407. The van der Waals surface area contributed by atoms with E-state index in [1.54, 1.807) is 14.2 Å². The molecular weight excluding hydrogens is 322 g/mol. The van der Waals surface area contributed by atoms with Gasteiger partial charge in [-0.05, 0) is 26.0 Å². The minimum Gasteiger partial charge on any atom is -0.497 e. The van der Waals surface area contributed by atoms with Crippen molar-refractivity contribution in [3.63, 3.8) is 0 Å². The first kappa shape index (κ1) is 16.5. The van der Waals surface area contributed by atoms with Crippen molar-refractivity contribution in [1.29, 1.82) is 0 Å². The molecule has 0 spiro atoms. The quantitative estimate of drug-likeness (QED) is 0.715. The molecule has 1 atom stereocenters. The maximum atomic E-state index is 5.48. The average molecular weight is 343 g/mol. The largest absolute Gasteiger partial charge is 0.497 e. The summed E-state index contributed by atoms with van der Waals surface area (Å²) in [5.74, 6) is 6.71. The molecule has 0 fully saturated rings. The van der Waals surface area contributed by atoms with Crippen LogP contribution in [0.1, 0.15) is 16.8 Å². The van der Waals surface area contributed by atoms with Gasteiger partial charge in [-0.1, -0.05) is 5.87 Å². The lowest BCUT2D eigenvalue weighted by atomic mass is 10.1. The topological polar surface area (TPSA) is 60.0 Å². The Balaban J connectivity index is 1.90. The molecule has 0 amide bonds. The summed E-state index contributed by atoms with van der Waals surface area (Å²) in [5, 5.41) is 0.874. The Bertz CT molecular complexity index is 918. The number of nitrogens with zero attached hydrogens (tertiary/aromatic N) is 2. The number of benzene rings is 1. The molecule has 0 saturated carbocycles. The zero-order valence-electron chi connectivity index (χ0n) is 14.3. The second-order valence-electron chi connectivity index (χ2n) is 5.61. The van der Waals surface area contributed by atoms with Gasteiger partial charge in [0, 0.05) is 29.1 Å². The molecule has 0 radical (unpaired) electrons. The first-order valence-corrected chi connectivity index (χ1v) is 9.13. The van der Waals surface area contributed by atoms with Crippen LogP contribution in [0.25, 0.3) is 11.0 Å². The number of fused-ring (bicyclic) bond motifs is 1. The molecule has 5 nitrogen and oxygen atoms in total. The fourth-order valence-corrected chi connectivity index (χ4v) is 3.92. The van der Waals surface area contributed by atoms with Gasteiger partial charge >= 0.3 is 0 Å². The highest BCUT2D eigenvalue weighted by Gasteiger charge is 2.13. The number of pyridine rings is 1. The van der Waals surface area contributed by atoms with Crippen molar-refractivity contribution in [1.82, 2.24) is 15.0 Å². The molecule has 0 aliphatic carbocycles. The van der Waals surface area contributed by atoms with Crippen LogP contribution in [0.5, 0.6) is 11.5 Å². The van der Waals surface area contributed by atoms with Gasteiger partial charge in [0.15, 0.2) is 5.16 Å². The Morgan fingerprint density at radius 2 is 2.00 bits per heavy atom. The van der Waals surface area contributed by atoms with Crippen molar-refractivity contribution in [2.24, 2.45) is 0 Å². The van der Waals surface area contributed by atoms with Crippen LogP contribution in [-0.4, -0.2) is 35.0 Å². The zero-order chi connectivity index (χ0) is 17.3. The highest BCUT2D eigenvalue weighted by molar-refractivity contribution is 8.13. The van der Waals surface area contributed by atoms with Crippen LogP contribution in [0.2, 0.25) is 0 Å². The number of methoxy groups -OCH3 is 2. The third-order valence-electron chi connectivity index (χ3n) is 4.00. The van der Waals surface area contributed by atoms with E-state index in [2.05, 4.69) is 20.8 Å². The van der Waals surface area contributed by atoms with Crippen molar-refractivity contribution in [2.45, 2.75) is 24.8 Å². The third-order valence-corrected chi connectivity index (χ3v) is 5.36. The molecule has 2 aromatic heterocycles. The number of nitrogens with one attached hydrogen (secondary N) is 1. The minimum absolute atomic E-state index is 0.328. The van der Waals surface area contributed by atoms with Crippen molar-refractivity contribution >= 4 is 27.4 Å². The maximum Gasteiger partial charge on any atom is 0.160 e.